The van der Waals surface area contributed by atoms with Gasteiger partial charge in [-0.05, 0) is 41.5 Å². The molecule has 1 unspecified atom stereocenters. The van der Waals surface area contributed by atoms with Crippen LogP contribution in [0.5, 0.6) is 0 Å². The molecule has 0 saturated carbocycles. The molecule has 1 heterocycles. The maximum atomic E-state index is 12.2. The Morgan fingerprint density at radius 3 is 2.29 bits per heavy atom. The van der Waals surface area contributed by atoms with E-state index in [1.165, 1.54) is 0 Å². The monoisotopic (exact) mass is 346 g/mol. The summed E-state index contributed by atoms with van der Waals surface area (Å²) in [6.45, 7) is 13.5. The van der Waals surface area contributed by atoms with Gasteiger partial charge in [-0.3, -0.25) is 4.90 Å². The van der Waals surface area contributed by atoms with Crippen LogP contribution in [-0.4, -0.2) is 88.8 Å². The van der Waals surface area contributed by atoms with Crippen LogP contribution < -0.4 is 0 Å². The predicted molar refractivity (Wildman–Crippen MR) is 92.0 cm³/mol. The van der Waals surface area contributed by atoms with Crippen LogP contribution in [0.25, 0.3) is 0 Å². The van der Waals surface area contributed by atoms with Gasteiger partial charge in [0.25, 0.3) is 0 Å². The number of hydrogen-bond acceptors (Lipinski definition) is 6. The van der Waals surface area contributed by atoms with E-state index in [1.54, 1.807) is 4.90 Å². The second-order valence-electron chi connectivity index (χ2n) is 8.35. The summed E-state index contributed by atoms with van der Waals surface area (Å²) in [6.07, 6.45) is -1.01. The summed E-state index contributed by atoms with van der Waals surface area (Å²) in [6, 6.07) is -0.329. The Balaban J connectivity index is 2.51. The lowest BCUT2D eigenvalue weighted by Crippen LogP contribution is -2.58. The van der Waals surface area contributed by atoms with E-state index >= 15 is 0 Å². The van der Waals surface area contributed by atoms with Gasteiger partial charge in [0.1, 0.15) is 5.60 Å². The molecule has 1 aliphatic heterocycles. The summed E-state index contributed by atoms with van der Waals surface area (Å²) in [4.78, 5) is 15.8. The van der Waals surface area contributed by atoms with Crippen molar-refractivity contribution >= 4 is 6.09 Å². The van der Waals surface area contributed by atoms with Gasteiger partial charge in [0.15, 0.2) is 0 Å². The number of aliphatic hydroxyl groups is 2. The normalized spacial score (nSPS) is 21.7. The number of carbonyl (C=O) groups excluding carboxylic acids is 1. The Morgan fingerprint density at radius 1 is 1.17 bits per heavy atom. The molecule has 0 radical (unpaired) electrons. The summed E-state index contributed by atoms with van der Waals surface area (Å²) in [5, 5.41) is 19.7. The number of nitrogens with zero attached hydrogens (tertiary/aromatic N) is 2. The van der Waals surface area contributed by atoms with Crippen LogP contribution >= 0.6 is 0 Å². The molecule has 1 fully saturated rings. The number of aliphatic hydroxyl groups excluding tert-OH is 2. The molecule has 1 amide bonds. The first kappa shape index (κ1) is 21.2. The first-order valence-corrected chi connectivity index (χ1v) is 8.56. The van der Waals surface area contributed by atoms with Crippen molar-refractivity contribution in [3.05, 3.63) is 0 Å². The van der Waals surface area contributed by atoms with Crippen LogP contribution in [-0.2, 0) is 9.47 Å². The average Bonchev–Trinajstić information content (AvgIpc) is 2.42. The van der Waals surface area contributed by atoms with E-state index in [0.717, 1.165) is 0 Å². The topological polar surface area (TPSA) is 82.5 Å². The molecule has 1 rings (SSSR count). The van der Waals surface area contributed by atoms with Crippen molar-refractivity contribution in [3.63, 3.8) is 0 Å². The van der Waals surface area contributed by atoms with Gasteiger partial charge >= 0.3 is 6.09 Å². The van der Waals surface area contributed by atoms with Crippen LogP contribution in [0, 0.1) is 0 Å². The maximum absolute atomic E-state index is 12.2. The quantitative estimate of drug-likeness (QED) is 0.775. The zero-order valence-electron chi connectivity index (χ0n) is 15.9. The molecule has 0 aliphatic carbocycles. The lowest BCUT2D eigenvalue weighted by molar-refractivity contribution is -0.0636. The lowest BCUT2D eigenvalue weighted by Gasteiger charge is -2.41. The first-order chi connectivity index (χ1) is 10.9. The smallest absolute Gasteiger partial charge is 0.410 e. The Bertz CT molecular complexity index is 403. The highest BCUT2D eigenvalue weighted by Crippen LogP contribution is 2.16. The van der Waals surface area contributed by atoms with Crippen molar-refractivity contribution in [2.75, 3.05) is 39.4 Å². The van der Waals surface area contributed by atoms with Crippen molar-refractivity contribution in [1.82, 2.24) is 9.80 Å². The standard InChI is InChI=1S/C17H34N2O5/c1-16(2,3)23-12-14(21)10-18-7-8-19(13(9-18)11-20)15(22)24-17(4,5)6/h13-14,20-21H,7-12H2,1-6H3/t13-,14?/m0/s1. The highest BCUT2D eigenvalue weighted by Gasteiger charge is 2.33. The molecule has 2 N–H and O–H groups in total. The van der Waals surface area contributed by atoms with Crippen LogP contribution in [0.1, 0.15) is 41.5 Å². The van der Waals surface area contributed by atoms with Crippen LogP contribution in [0.2, 0.25) is 0 Å². The Labute approximate surface area is 145 Å². The van der Waals surface area contributed by atoms with Gasteiger partial charge < -0.3 is 24.6 Å². The summed E-state index contributed by atoms with van der Waals surface area (Å²) in [7, 11) is 0. The summed E-state index contributed by atoms with van der Waals surface area (Å²) >= 11 is 0. The van der Waals surface area contributed by atoms with E-state index in [0.29, 0.717) is 26.2 Å². The van der Waals surface area contributed by atoms with E-state index < -0.39 is 17.8 Å². The third kappa shape index (κ3) is 7.79. The third-order valence-corrected chi connectivity index (χ3v) is 3.58. The van der Waals surface area contributed by atoms with Gasteiger partial charge in [-0.25, -0.2) is 4.79 Å². The van der Waals surface area contributed by atoms with Crippen molar-refractivity contribution < 1.29 is 24.5 Å². The molecule has 2 atom stereocenters. The zero-order chi connectivity index (χ0) is 18.5. The number of amides is 1. The minimum Gasteiger partial charge on any atom is -0.444 e. The summed E-state index contributed by atoms with van der Waals surface area (Å²) in [5.74, 6) is 0. The lowest BCUT2D eigenvalue weighted by atomic mass is 10.1. The number of carbonyl (C=O) groups is 1. The van der Waals surface area contributed by atoms with E-state index in [9.17, 15) is 15.0 Å². The van der Waals surface area contributed by atoms with Gasteiger partial charge in [-0.1, -0.05) is 0 Å². The average molecular weight is 346 g/mol. The molecule has 7 heteroatoms. The fourth-order valence-corrected chi connectivity index (χ4v) is 2.50. The molecule has 142 valence electrons. The molecule has 0 aromatic rings. The van der Waals surface area contributed by atoms with Crippen LogP contribution in [0.3, 0.4) is 0 Å². The summed E-state index contributed by atoms with van der Waals surface area (Å²) in [5.41, 5.74) is -0.848. The van der Waals surface area contributed by atoms with E-state index in [2.05, 4.69) is 0 Å². The molecule has 0 spiro atoms. The van der Waals surface area contributed by atoms with Crippen molar-refractivity contribution in [2.24, 2.45) is 0 Å². The van der Waals surface area contributed by atoms with Gasteiger partial charge in [-0.15, -0.1) is 0 Å². The maximum Gasteiger partial charge on any atom is 0.410 e. The van der Waals surface area contributed by atoms with Crippen LogP contribution in [0.4, 0.5) is 4.79 Å². The Morgan fingerprint density at radius 2 is 1.79 bits per heavy atom. The minimum absolute atomic E-state index is 0.135. The van der Waals surface area contributed by atoms with E-state index in [4.69, 9.17) is 9.47 Å². The Kier molecular flexibility index (Phi) is 7.46. The summed E-state index contributed by atoms with van der Waals surface area (Å²) < 4.78 is 11.0. The molecule has 0 aromatic heterocycles. The van der Waals surface area contributed by atoms with E-state index in [1.807, 2.05) is 46.4 Å². The number of rotatable bonds is 5. The number of ether oxygens (including phenoxy) is 2. The minimum atomic E-state index is -0.600. The van der Waals surface area contributed by atoms with Crippen molar-refractivity contribution in [3.8, 4) is 0 Å². The van der Waals surface area contributed by atoms with Crippen molar-refractivity contribution in [2.45, 2.75) is 64.9 Å². The zero-order valence-corrected chi connectivity index (χ0v) is 15.9. The van der Waals surface area contributed by atoms with Gasteiger partial charge in [0.05, 0.1) is 31.0 Å². The second-order valence-corrected chi connectivity index (χ2v) is 8.35. The molecule has 7 nitrogen and oxygen atoms in total. The van der Waals surface area contributed by atoms with Gasteiger partial charge in [0, 0.05) is 26.2 Å². The molecular formula is C17H34N2O5. The van der Waals surface area contributed by atoms with E-state index in [-0.39, 0.29) is 24.9 Å². The van der Waals surface area contributed by atoms with Gasteiger partial charge in [-0.2, -0.15) is 0 Å². The largest absolute Gasteiger partial charge is 0.444 e. The number of β-amino-alcohol motifs (C(OH)–C–C–N with tert-alkyl or cyclic N) is 1. The molecule has 1 aliphatic rings. The fourth-order valence-electron chi connectivity index (χ4n) is 2.50. The predicted octanol–water partition coefficient (Wildman–Crippen LogP) is 1.08. The highest BCUT2D eigenvalue weighted by molar-refractivity contribution is 5.68. The fraction of sp³-hybridized carbons (Fsp3) is 0.941. The second kappa shape index (κ2) is 8.47. The van der Waals surface area contributed by atoms with Crippen LogP contribution in [0.15, 0.2) is 0 Å². The third-order valence-electron chi connectivity index (χ3n) is 3.58. The Hall–Kier alpha value is -0.890. The molecule has 24 heavy (non-hydrogen) atoms. The first-order valence-electron chi connectivity index (χ1n) is 8.56. The molecule has 1 saturated heterocycles. The molecular weight excluding hydrogens is 312 g/mol. The van der Waals surface area contributed by atoms with Crippen molar-refractivity contribution in [1.29, 1.82) is 0 Å². The SMILES string of the molecule is CC(C)(C)OCC(O)CN1CCN(C(=O)OC(C)(C)C)[C@H](CO)C1. The van der Waals surface area contributed by atoms with Gasteiger partial charge in [0.2, 0.25) is 0 Å². The highest BCUT2D eigenvalue weighted by atomic mass is 16.6. The molecule has 0 bridgehead atoms. The number of hydrogen-bond donors (Lipinski definition) is 2. The number of piperazine rings is 1. The molecule has 0 aromatic carbocycles.